The van der Waals surface area contributed by atoms with Gasteiger partial charge in [-0.3, -0.25) is 0 Å². The SMILES string of the molecule is CCCC[n+]1ccc(CCC)cc1.O=S(=O)([O-])C(F)(F)F. The molecule has 0 N–H and O–H groups in total. The van der Waals surface area contributed by atoms with Crippen molar-refractivity contribution in [2.45, 2.75) is 51.6 Å². The lowest BCUT2D eigenvalue weighted by atomic mass is 10.1. The minimum atomic E-state index is -6.09. The van der Waals surface area contributed by atoms with Crippen LogP contribution in [0.15, 0.2) is 24.5 Å². The van der Waals surface area contributed by atoms with Crippen LogP contribution in [-0.4, -0.2) is 18.5 Å². The highest BCUT2D eigenvalue weighted by molar-refractivity contribution is 7.86. The van der Waals surface area contributed by atoms with E-state index in [2.05, 4.69) is 42.9 Å². The molecule has 21 heavy (non-hydrogen) atoms. The summed E-state index contributed by atoms with van der Waals surface area (Å²) in [6.45, 7) is 5.60. The summed E-state index contributed by atoms with van der Waals surface area (Å²) >= 11 is 0. The van der Waals surface area contributed by atoms with Crippen LogP contribution in [0.1, 0.15) is 38.7 Å². The van der Waals surface area contributed by atoms with E-state index in [-0.39, 0.29) is 0 Å². The molecule has 0 radical (unpaired) electrons. The highest BCUT2D eigenvalue weighted by Crippen LogP contribution is 2.20. The van der Waals surface area contributed by atoms with Crippen molar-refractivity contribution in [2.24, 2.45) is 0 Å². The van der Waals surface area contributed by atoms with E-state index in [0.29, 0.717) is 0 Å². The van der Waals surface area contributed by atoms with Crippen molar-refractivity contribution in [1.29, 1.82) is 0 Å². The van der Waals surface area contributed by atoms with E-state index in [1.54, 1.807) is 0 Å². The average Bonchev–Trinajstić information content (AvgIpc) is 2.37. The Hall–Kier alpha value is -1.15. The minimum Gasteiger partial charge on any atom is -0.741 e. The topological polar surface area (TPSA) is 61.1 Å². The van der Waals surface area contributed by atoms with Crippen molar-refractivity contribution in [3.63, 3.8) is 0 Å². The van der Waals surface area contributed by atoms with Crippen LogP contribution >= 0.6 is 0 Å². The highest BCUT2D eigenvalue weighted by atomic mass is 32.2. The normalized spacial score (nSPS) is 11.7. The molecule has 1 aromatic heterocycles. The molecule has 4 nitrogen and oxygen atoms in total. The van der Waals surface area contributed by atoms with Gasteiger partial charge in [0.15, 0.2) is 22.5 Å². The van der Waals surface area contributed by atoms with Gasteiger partial charge in [-0.2, -0.15) is 13.2 Å². The lowest BCUT2D eigenvalue weighted by Gasteiger charge is -2.08. The van der Waals surface area contributed by atoms with Crippen LogP contribution in [-0.2, 0) is 23.1 Å². The molecule has 0 aliphatic rings. The van der Waals surface area contributed by atoms with Gasteiger partial charge in [-0.15, -0.1) is 0 Å². The Morgan fingerprint density at radius 3 is 1.95 bits per heavy atom. The van der Waals surface area contributed by atoms with Gasteiger partial charge in [0.25, 0.3) is 0 Å². The Bertz CT molecular complexity index is 498. The molecule has 122 valence electrons. The fourth-order valence-corrected chi connectivity index (χ4v) is 1.43. The first kappa shape index (κ1) is 19.9. The summed E-state index contributed by atoms with van der Waals surface area (Å²) in [4.78, 5) is 0. The van der Waals surface area contributed by atoms with Crippen LogP contribution in [0.25, 0.3) is 0 Å². The van der Waals surface area contributed by atoms with Gasteiger partial charge >= 0.3 is 5.51 Å². The molecule has 0 saturated carbocycles. The van der Waals surface area contributed by atoms with Gasteiger partial charge < -0.3 is 4.55 Å². The smallest absolute Gasteiger partial charge is 0.485 e. The van der Waals surface area contributed by atoms with Crippen molar-refractivity contribution < 1.29 is 30.7 Å². The molecule has 1 heterocycles. The summed E-state index contributed by atoms with van der Waals surface area (Å²) < 4.78 is 61.2. The van der Waals surface area contributed by atoms with E-state index < -0.39 is 15.6 Å². The summed E-state index contributed by atoms with van der Waals surface area (Å²) in [5.74, 6) is 0. The Balaban J connectivity index is 0.000000433. The number of hydrogen-bond acceptors (Lipinski definition) is 3. The first-order valence-corrected chi connectivity index (χ1v) is 8.02. The zero-order chi connectivity index (χ0) is 16.5. The number of aromatic nitrogens is 1. The molecule has 0 fully saturated rings. The third-order valence-corrected chi connectivity index (χ3v) is 3.12. The summed E-state index contributed by atoms with van der Waals surface area (Å²) in [6, 6.07) is 4.47. The molecule has 0 bridgehead atoms. The number of pyridine rings is 1. The second-order valence-electron chi connectivity index (χ2n) is 4.45. The van der Waals surface area contributed by atoms with E-state index in [4.69, 9.17) is 13.0 Å². The zero-order valence-electron chi connectivity index (χ0n) is 12.1. The molecule has 1 aromatic rings. The standard InChI is InChI=1S/C12H20N.CHF3O3S/c1-3-5-9-13-10-7-12(6-4-2)8-11-13;2-1(3,4)8(5,6)7/h7-8,10-11H,3-6,9H2,1-2H3;(H,5,6,7)/q+1;/p-1. The molecule has 0 aliphatic heterocycles. The van der Waals surface area contributed by atoms with E-state index >= 15 is 0 Å². The first-order chi connectivity index (χ1) is 9.61. The molecule has 0 saturated heterocycles. The molecule has 8 heteroatoms. The van der Waals surface area contributed by atoms with Crippen molar-refractivity contribution >= 4 is 10.1 Å². The second kappa shape index (κ2) is 8.99. The van der Waals surface area contributed by atoms with Gasteiger partial charge in [0, 0.05) is 18.6 Å². The Morgan fingerprint density at radius 1 is 1.14 bits per heavy atom. The number of alkyl halides is 3. The molecule has 0 aromatic carbocycles. The fourth-order valence-electron chi connectivity index (χ4n) is 1.43. The maximum Gasteiger partial charge on any atom is 0.485 e. The van der Waals surface area contributed by atoms with Gasteiger partial charge in [-0.25, -0.2) is 13.0 Å². The van der Waals surface area contributed by atoms with Crippen molar-refractivity contribution in [2.75, 3.05) is 0 Å². The van der Waals surface area contributed by atoms with E-state index in [9.17, 15) is 13.2 Å². The van der Waals surface area contributed by atoms with Gasteiger partial charge in [0.1, 0.15) is 6.54 Å². The number of hydrogen-bond donors (Lipinski definition) is 0. The fraction of sp³-hybridized carbons (Fsp3) is 0.615. The number of nitrogens with zero attached hydrogens (tertiary/aromatic N) is 1. The quantitative estimate of drug-likeness (QED) is 0.475. The summed E-state index contributed by atoms with van der Waals surface area (Å²) in [6.07, 6.45) is 9.37. The van der Waals surface area contributed by atoms with Gasteiger partial charge in [0.05, 0.1) is 0 Å². The van der Waals surface area contributed by atoms with Crippen LogP contribution in [0, 0.1) is 0 Å². The molecular formula is C13H20F3NO3S. The lowest BCUT2D eigenvalue weighted by molar-refractivity contribution is -0.697. The van der Waals surface area contributed by atoms with E-state index in [1.807, 2.05) is 0 Å². The van der Waals surface area contributed by atoms with Crippen molar-refractivity contribution in [1.82, 2.24) is 0 Å². The third-order valence-electron chi connectivity index (χ3n) is 2.55. The zero-order valence-corrected chi connectivity index (χ0v) is 12.9. The predicted octanol–water partition coefficient (Wildman–Crippen LogP) is 2.78. The molecule has 0 unspecified atom stereocenters. The average molecular weight is 327 g/mol. The van der Waals surface area contributed by atoms with Crippen molar-refractivity contribution in [3.05, 3.63) is 30.1 Å². The molecular weight excluding hydrogens is 307 g/mol. The van der Waals surface area contributed by atoms with E-state index in [0.717, 1.165) is 6.54 Å². The van der Waals surface area contributed by atoms with Crippen LogP contribution in [0.3, 0.4) is 0 Å². The van der Waals surface area contributed by atoms with Gasteiger partial charge in [-0.1, -0.05) is 26.7 Å². The minimum absolute atomic E-state index is 1.16. The Kier molecular flexibility index (Phi) is 8.50. The Morgan fingerprint density at radius 2 is 1.62 bits per heavy atom. The number of unbranched alkanes of at least 4 members (excludes halogenated alkanes) is 1. The first-order valence-electron chi connectivity index (χ1n) is 6.62. The summed E-state index contributed by atoms with van der Waals surface area (Å²) in [5.41, 5.74) is -4.19. The predicted molar refractivity (Wildman–Crippen MR) is 71.3 cm³/mol. The Labute approximate surface area is 123 Å². The van der Waals surface area contributed by atoms with Crippen LogP contribution in [0.2, 0.25) is 0 Å². The maximum absolute atomic E-state index is 10.7. The van der Waals surface area contributed by atoms with Crippen molar-refractivity contribution in [3.8, 4) is 0 Å². The summed E-state index contributed by atoms with van der Waals surface area (Å²) in [7, 11) is -6.09. The maximum atomic E-state index is 10.7. The third kappa shape index (κ3) is 8.67. The van der Waals surface area contributed by atoms with Gasteiger partial charge in [0.2, 0.25) is 0 Å². The number of halogens is 3. The molecule has 0 aliphatic carbocycles. The largest absolute Gasteiger partial charge is 0.741 e. The molecule has 0 spiro atoms. The molecule has 0 atom stereocenters. The molecule has 1 rings (SSSR count). The van der Waals surface area contributed by atoms with Crippen LogP contribution in [0.5, 0.6) is 0 Å². The molecule has 0 amide bonds. The highest BCUT2D eigenvalue weighted by Gasteiger charge is 2.36. The number of rotatable bonds is 5. The number of aryl methyl sites for hydroxylation is 2. The van der Waals surface area contributed by atoms with Crippen LogP contribution < -0.4 is 4.57 Å². The summed E-state index contributed by atoms with van der Waals surface area (Å²) in [5, 5.41) is 0. The monoisotopic (exact) mass is 327 g/mol. The van der Waals surface area contributed by atoms with Gasteiger partial charge in [-0.05, 0) is 12.0 Å². The second-order valence-corrected chi connectivity index (χ2v) is 5.82. The van der Waals surface area contributed by atoms with E-state index in [1.165, 1.54) is 31.2 Å². The lowest BCUT2D eigenvalue weighted by Crippen LogP contribution is -2.32. The van der Waals surface area contributed by atoms with Crippen LogP contribution in [0.4, 0.5) is 13.2 Å².